The number of ether oxygens (including phenoxy) is 1. The first-order valence-corrected chi connectivity index (χ1v) is 7.18. The third kappa shape index (κ3) is 4.30. The Morgan fingerprint density at radius 3 is 2.53 bits per heavy atom. The smallest absolute Gasteiger partial charge is 0.341 e. The fourth-order valence-electron chi connectivity index (χ4n) is 1.65. The molecule has 0 spiro atoms. The van der Waals surface area contributed by atoms with Gasteiger partial charge in [0.1, 0.15) is 0 Å². The van der Waals surface area contributed by atoms with Gasteiger partial charge in [-0.3, -0.25) is 10.1 Å². The Hall–Kier alpha value is -1.44. The molecule has 0 saturated carbocycles. The van der Waals surface area contributed by atoms with E-state index >= 15 is 0 Å². The lowest BCUT2D eigenvalue weighted by Gasteiger charge is -2.26. The minimum atomic E-state index is -1.55. The molecule has 1 atom stereocenters. The number of rotatable bonds is 3. The highest BCUT2D eigenvalue weighted by Gasteiger charge is 2.14. The van der Waals surface area contributed by atoms with Crippen molar-refractivity contribution in [3.05, 3.63) is 29.8 Å². The molecule has 1 unspecified atom stereocenters. The van der Waals surface area contributed by atoms with Crippen LogP contribution in [-0.4, -0.2) is 41.6 Å². The lowest BCUT2D eigenvalue weighted by atomic mass is 10.2. The Morgan fingerprint density at radius 1 is 1.26 bits per heavy atom. The van der Waals surface area contributed by atoms with Crippen LogP contribution in [0.4, 0.5) is 4.79 Å². The van der Waals surface area contributed by atoms with Gasteiger partial charge in [-0.15, -0.1) is 0 Å². The molecule has 0 aromatic heterocycles. The number of nitrogens with zero attached hydrogens (tertiary/aromatic N) is 1. The van der Waals surface area contributed by atoms with Crippen molar-refractivity contribution < 1.29 is 13.7 Å². The Balaban J connectivity index is 1.84. The number of carbonyl (C=O) groups excluding carboxylic acids is 1. The van der Waals surface area contributed by atoms with Gasteiger partial charge in [-0.2, -0.15) is 0 Å². The van der Waals surface area contributed by atoms with Gasteiger partial charge in [0.2, 0.25) is 0 Å². The van der Waals surface area contributed by atoms with E-state index in [2.05, 4.69) is 10.1 Å². The topological polar surface area (TPSA) is 70.7 Å². The van der Waals surface area contributed by atoms with E-state index in [1.807, 2.05) is 19.1 Å². The number of benzene rings is 1. The molecule has 1 heterocycles. The first-order valence-electron chi connectivity index (χ1n) is 6.03. The van der Waals surface area contributed by atoms with Crippen LogP contribution in [0.25, 0.3) is 0 Å². The molecule has 2 N–H and O–H groups in total. The monoisotopic (exact) mass is 283 g/mol. The van der Waals surface area contributed by atoms with E-state index in [4.69, 9.17) is 4.74 Å². The number of urea groups is 1. The largest absolute Gasteiger partial charge is 0.379 e. The summed E-state index contributed by atoms with van der Waals surface area (Å²) in [6, 6.07) is 6.71. The predicted octanol–water partition coefficient (Wildman–Crippen LogP) is 0.564. The highest BCUT2D eigenvalue weighted by molar-refractivity contribution is 7.83. The van der Waals surface area contributed by atoms with Gasteiger partial charge in [0, 0.05) is 13.1 Å². The quantitative estimate of drug-likeness (QED) is 0.850. The van der Waals surface area contributed by atoms with Crippen molar-refractivity contribution in [2.45, 2.75) is 11.8 Å². The number of nitrogens with one attached hydrogen (secondary N) is 2. The minimum absolute atomic E-state index is 0.471. The van der Waals surface area contributed by atoms with Crippen LogP contribution in [0.15, 0.2) is 29.2 Å². The molecular weight excluding hydrogens is 266 g/mol. The summed E-state index contributed by atoms with van der Waals surface area (Å²) in [7, 11) is -1.55. The molecule has 7 heteroatoms. The van der Waals surface area contributed by atoms with Crippen LogP contribution in [0, 0.1) is 6.92 Å². The number of hydrazine groups is 1. The van der Waals surface area contributed by atoms with Gasteiger partial charge in [-0.25, -0.2) is 14.0 Å². The number of hydrogen-bond donors (Lipinski definition) is 2. The second kappa shape index (κ2) is 6.65. The van der Waals surface area contributed by atoms with Crippen LogP contribution < -0.4 is 10.1 Å². The predicted molar refractivity (Wildman–Crippen MR) is 71.6 cm³/mol. The third-order valence-electron chi connectivity index (χ3n) is 2.69. The summed E-state index contributed by atoms with van der Waals surface area (Å²) in [6.07, 6.45) is 0. The molecular formula is C12H17N3O3S. The summed E-state index contributed by atoms with van der Waals surface area (Å²) in [5.74, 6) is 0. The van der Waals surface area contributed by atoms with Gasteiger partial charge >= 0.3 is 6.03 Å². The molecule has 104 valence electrons. The first-order chi connectivity index (χ1) is 9.15. The Labute approximate surface area is 114 Å². The molecule has 19 heavy (non-hydrogen) atoms. The molecule has 0 bridgehead atoms. The maximum absolute atomic E-state index is 11.9. The zero-order valence-corrected chi connectivity index (χ0v) is 11.5. The highest BCUT2D eigenvalue weighted by atomic mass is 32.2. The lowest BCUT2D eigenvalue weighted by molar-refractivity contribution is 0.0200. The van der Waals surface area contributed by atoms with Gasteiger partial charge in [0.15, 0.2) is 11.0 Å². The maximum Gasteiger partial charge on any atom is 0.341 e. The van der Waals surface area contributed by atoms with Crippen LogP contribution in [-0.2, 0) is 15.7 Å². The van der Waals surface area contributed by atoms with E-state index in [0.717, 1.165) is 5.56 Å². The molecule has 0 aliphatic carbocycles. The summed E-state index contributed by atoms with van der Waals surface area (Å²) >= 11 is 0. The molecule has 1 aromatic carbocycles. The van der Waals surface area contributed by atoms with E-state index in [-0.39, 0.29) is 0 Å². The molecule has 1 aromatic rings. The fourth-order valence-corrected chi connectivity index (χ4v) is 2.36. The molecule has 6 nitrogen and oxygen atoms in total. The van der Waals surface area contributed by atoms with Crippen LogP contribution in [0.5, 0.6) is 0 Å². The van der Waals surface area contributed by atoms with Gasteiger partial charge in [-0.1, -0.05) is 17.7 Å². The van der Waals surface area contributed by atoms with Gasteiger partial charge in [0.25, 0.3) is 0 Å². The average molecular weight is 283 g/mol. The Bertz CT molecular complexity index is 458. The highest BCUT2D eigenvalue weighted by Crippen LogP contribution is 2.06. The van der Waals surface area contributed by atoms with Crippen molar-refractivity contribution in [1.82, 2.24) is 15.2 Å². The SMILES string of the molecule is Cc1ccc(S(=O)NC(=O)NN2CCOCC2)cc1. The van der Waals surface area contributed by atoms with Crippen molar-refractivity contribution in [3.63, 3.8) is 0 Å². The van der Waals surface area contributed by atoms with Crippen molar-refractivity contribution in [2.24, 2.45) is 0 Å². The Morgan fingerprint density at radius 2 is 1.89 bits per heavy atom. The van der Waals surface area contributed by atoms with Crippen LogP contribution >= 0.6 is 0 Å². The van der Waals surface area contributed by atoms with E-state index in [9.17, 15) is 9.00 Å². The molecule has 2 rings (SSSR count). The molecule has 1 aliphatic heterocycles. The summed E-state index contributed by atoms with van der Waals surface area (Å²) in [5.41, 5.74) is 3.72. The summed E-state index contributed by atoms with van der Waals surface area (Å²) in [4.78, 5) is 12.2. The molecule has 0 radical (unpaired) electrons. The summed E-state index contributed by atoms with van der Waals surface area (Å²) in [5, 5.41) is 1.74. The fraction of sp³-hybridized carbons (Fsp3) is 0.417. The van der Waals surface area contributed by atoms with E-state index in [1.165, 1.54) is 0 Å². The van der Waals surface area contributed by atoms with E-state index in [1.54, 1.807) is 17.1 Å². The van der Waals surface area contributed by atoms with Gasteiger partial charge < -0.3 is 4.74 Å². The van der Waals surface area contributed by atoms with Crippen LogP contribution in [0.2, 0.25) is 0 Å². The van der Waals surface area contributed by atoms with Gasteiger partial charge in [0.05, 0.1) is 18.1 Å². The number of hydrogen-bond acceptors (Lipinski definition) is 4. The lowest BCUT2D eigenvalue weighted by Crippen LogP contribution is -2.51. The van der Waals surface area contributed by atoms with Crippen molar-refractivity contribution in [1.29, 1.82) is 0 Å². The molecule has 1 saturated heterocycles. The normalized spacial score (nSPS) is 17.7. The van der Waals surface area contributed by atoms with Crippen LogP contribution in [0.3, 0.4) is 0 Å². The second-order valence-electron chi connectivity index (χ2n) is 4.22. The zero-order chi connectivity index (χ0) is 13.7. The van der Waals surface area contributed by atoms with Crippen molar-refractivity contribution >= 4 is 17.0 Å². The first kappa shape index (κ1) is 14.0. The second-order valence-corrected chi connectivity index (χ2v) is 5.44. The standard InChI is InChI=1S/C12H17N3O3S/c1-10-2-4-11(5-3-10)19(17)14-12(16)13-15-6-8-18-9-7-15/h2-5H,6-9H2,1H3,(H2,13,14,16). The third-order valence-corrected chi connectivity index (χ3v) is 3.76. The summed E-state index contributed by atoms with van der Waals surface area (Å²) < 4.78 is 19.5. The number of aryl methyl sites for hydroxylation is 1. The number of amides is 2. The zero-order valence-electron chi connectivity index (χ0n) is 10.7. The number of carbonyl (C=O) groups is 1. The van der Waals surface area contributed by atoms with E-state index in [0.29, 0.717) is 31.2 Å². The van der Waals surface area contributed by atoms with Crippen molar-refractivity contribution in [3.8, 4) is 0 Å². The molecule has 1 fully saturated rings. The van der Waals surface area contributed by atoms with Crippen molar-refractivity contribution in [2.75, 3.05) is 26.3 Å². The summed E-state index contributed by atoms with van der Waals surface area (Å²) in [6.45, 7) is 4.38. The molecule has 1 aliphatic rings. The average Bonchev–Trinajstić information content (AvgIpc) is 2.40. The van der Waals surface area contributed by atoms with E-state index < -0.39 is 17.0 Å². The minimum Gasteiger partial charge on any atom is -0.379 e. The number of morpholine rings is 1. The molecule has 2 amide bonds. The Kier molecular flexibility index (Phi) is 4.89. The van der Waals surface area contributed by atoms with Crippen LogP contribution in [0.1, 0.15) is 5.56 Å². The maximum atomic E-state index is 11.9. The van der Waals surface area contributed by atoms with Gasteiger partial charge in [-0.05, 0) is 19.1 Å².